The van der Waals surface area contributed by atoms with Gasteiger partial charge in [0.05, 0.1) is 4.92 Å². The zero-order chi connectivity index (χ0) is 14.8. The van der Waals surface area contributed by atoms with Crippen LogP contribution in [0.1, 0.15) is 33.3 Å². The molecule has 19 heavy (non-hydrogen) atoms. The number of nitrogens with zero attached hydrogens (tertiary/aromatic N) is 1. The molecule has 0 fully saturated rings. The van der Waals surface area contributed by atoms with E-state index in [-0.39, 0.29) is 5.69 Å². The molecule has 1 atom stereocenters. The van der Waals surface area contributed by atoms with Gasteiger partial charge in [-0.3, -0.25) is 10.1 Å². The zero-order valence-corrected chi connectivity index (χ0v) is 11.5. The summed E-state index contributed by atoms with van der Waals surface area (Å²) in [6, 6.07) is 5.68. The molecule has 104 valence electrons. The van der Waals surface area contributed by atoms with Crippen LogP contribution >= 0.6 is 0 Å². The number of carbonyl (C=O) groups excluding carboxylic acids is 1. The Morgan fingerprint density at radius 2 is 1.89 bits per heavy atom. The lowest BCUT2D eigenvalue weighted by molar-refractivity contribution is -0.384. The van der Waals surface area contributed by atoms with Gasteiger partial charge in [0.1, 0.15) is 11.1 Å². The Balaban J connectivity index is 3.09. The number of nitrogens with two attached hydrogens (primary N) is 1. The number of nitro groups is 1. The highest BCUT2D eigenvalue weighted by Crippen LogP contribution is 2.25. The molecule has 0 aliphatic carbocycles. The highest BCUT2D eigenvalue weighted by Gasteiger charge is 2.35. The smallest absolute Gasteiger partial charge is 0.331 e. The molecule has 2 N–H and O–H groups in total. The van der Waals surface area contributed by atoms with Crippen LogP contribution in [0.3, 0.4) is 0 Å². The van der Waals surface area contributed by atoms with Gasteiger partial charge in [0.15, 0.2) is 0 Å². The van der Waals surface area contributed by atoms with Crippen LogP contribution in [0, 0.1) is 10.1 Å². The molecule has 0 saturated heterocycles. The van der Waals surface area contributed by atoms with Crippen molar-refractivity contribution in [1.82, 2.24) is 0 Å². The molecule has 0 bridgehead atoms. The second kappa shape index (κ2) is 4.97. The lowest BCUT2D eigenvalue weighted by Crippen LogP contribution is -2.45. The molecule has 0 spiro atoms. The minimum atomic E-state index is -1.43. The van der Waals surface area contributed by atoms with E-state index in [1.54, 1.807) is 26.8 Å². The van der Waals surface area contributed by atoms with Crippen LogP contribution in [-0.4, -0.2) is 16.5 Å². The lowest BCUT2D eigenvalue weighted by Gasteiger charge is -2.28. The summed E-state index contributed by atoms with van der Waals surface area (Å²) in [5.41, 5.74) is 4.09. The van der Waals surface area contributed by atoms with E-state index in [1.165, 1.54) is 25.1 Å². The van der Waals surface area contributed by atoms with E-state index in [0.717, 1.165) is 0 Å². The van der Waals surface area contributed by atoms with Crippen molar-refractivity contribution < 1.29 is 14.5 Å². The van der Waals surface area contributed by atoms with Crippen molar-refractivity contribution >= 4 is 11.7 Å². The van der Waals surface area contributed by atoms with Crippen LogP contribution in [0.5, 0.6) is 0 Å². The quantitative estimate of drug-likeness (QED) is 0.513. The van der Waals surface area contributed by atoms with Gasteiger partial charge in [-0.25, -0.2) is 4.79 Å². The first-order valence-corrected chi connectivity index (χ1v) is 5.81. The predicted octanol–water partition coefficient (Wildman–Crippen LogP) is 2.11. The van der Waals surface area contributed by atoms with Gasteiger partial charge in [0.2, 0.25) is 0 Å². The fraction of sp³-hybridized carbons (Fsp3) is 0.462. The number of hydrogen-bond acceptors (Lipinski definition) is 5. The van der Waals surface area contributed by atoms with Crippen LogP contribution in [0.4, 0.5) is 5.69 Å². The Hall–Kier alpha value is -1.95. The van der Waals surface area contributed by atoms with Crippen LogP contribution in [0.15, 0.2) is 24.3 Å². The molecule has 1 unspecified atom stereocenters. The minimum absolute atomic E-state index is 0.113. The van der Waals surface area contributed by atoms with Crippen LogP contribution in [0.2, 0.25) is 0 Å². The second-order valence-electron chi connectivity index (χ2n) is 5.51. The number of hydrogen-bond donors (Lipinski definition) is 1. The first kappa shape index (κ1) is 15.1. The highest BCUT2D eigenvalue weighted by molar-refractivity contribution is 5.82. The number of ether oxygens (including phenoxy) is 1. The third-order valence-corrected chi connectivity index (χ3v) is 2.48. The number of non-ortho nitro benzene ring substituents is 1. The van der Waals surface area contributed by atoms with E-state index in [4.69, 9.17) is 10.5 Å². The minimum Gasteiger partial charge on any atom is -0.458 e. The first-order valence-electron chi connectivity index (χ1n) is 5.81. The molecule has 0 aromatic heterocycles. The Morgan fingerprint density at radius 3 is 2.37 bits per heavy atom. The van der Waals surface area contributed by atoms with E-state index < -0.39 is 22.0 Å². The van der Waals surface area contributed by atoms with Gasteiger partial charge >= 0.3 is 5.97 Å². The van der Waals surface area contributed by atoms with Gasteiger partial charge in [-0.15, -0.1) is 0 Å². The van der Waals surface area contributed by atoms with Crippen molar-refractivity contribution in [2.75, 3.05) is 0 Å². The van der Waals surface area contributed by atoms with Gasteiger partial charge in [0.25, 0.3) is 5.69 Å². The maximum absolute atomic E-state index is 12.0. The Bertz CT molecular complexity index is 504. The van der Waals surface area contributed by atoms with E-state index in [0.29, 0.717) is 5.56 Å². The molecule has 1 aromatic carbocycles. The predicted molar refractivity (Wildman–Crippen MR) is 70.5 cm³/mol. The van der Waals surface area contributed by atoms with Crippen molar-refractivity contribution in [3.63, 3.8) is 0 Å². The van der Waals surface area contributed by atoms with E-state index in [9.17, 15) is 14.9 Å². The molecule has 0 heterocycles. The van der Waals surface area contributed by atoms with E-state index >= 15 is 0 Å². The maximum atomic E-state index is 12.0. The number of rotatable bonds is 3. The van der Waals surface area contributed by atoms with Gasteiger partial charge in [-0.2, -0.15) is 0 Å². The molecule has 0 amide bonds. The second-order valence-corrected chi connectivity index (χ2v) is 5.51. The summed E-state index contributed by atoms with van der Waals surface area (Å²) >= 11 is 0. The fourth-order valence-electron chi connectivity index (χ4n) is 1.44. The molecular formula is C13H18N2O4. The first-order chi connectivity index (χ1) is 8.54. The third-order valence-electron chi connectivity index (χ3n) is 2.48. The molecule has 0 saturated carbocycles. The van der Waals surface area contributed by atoms with Crippen molar-refractivity contribution in [3.05, 3.63) is 39.9 Å². The summed E-state index contributed by atoms with van der Waals surface area (Å²) in [5, 5.41) is 10.7. The Labute approximate surface area is 111 Å². The number of benzene rings is 1. The molecule has 0 aliphatic rings. The third kappa shape index (κ3) is 3.75. The van der Waals surface area contributed by atoms with Crippen molar-refractivity contribution in [2.24, 2.45) is 5.73 Å². The van der Waals surface area contributed by atoms with Crippen molar-refractivity contribution in [1.29, 1.82) is 0 Å². The van der Waals surface area contributed by atoms with E-state index in [2.05, 4.69) is 0 Å². The molecule has 6 heteroatoms. The van der Waals surface area contributed by atoms with E-state index in [1.807, 2.05) is 0 Å². The lowest BCUT2D eigenvalue weighted by atomic mass is 9.92. The average molecular weight is 266 g/mol. The Morgan fingerprint density at radius 1 is 1.32 bits per heavy atom. The highest BCUT2D eigenvalue weighted by atomic mass is 16.6. The van der Waals surface area contributed by atoms with Gasteiger partial charge < -0.3 is 10.5 Å². The van der Waals surface area contributed by atoms with Gasteiger partial charge in [-0.05, 0) is 33.3 Å². The molecule has 1 aromatic rings. The largest absolute Gasteiger partial charge is 0.458 e. The topological polar surface area (TPSA) is 95.5 Å². The van der Waals surface area contributed by atoms with Gasteiger partial charge in [-0.1, -0.05) is 12.1 Å². The molecule has 0 aliphatic heterocycles. The van der Waals surface area contributed by atoms with Gasteiger partial charge in [0, 0.05) is 12.1 Å². The summed E-state index contributed by atoms with van der Waals surface area (Å²) in [4.78, 5) is 22.2. The normalized spacial score (nSPS) is 14.6. The SMILES string of the molecule is CC(C)(C)OC(=O)C(C)(N)c1cccc([N+](=O)[O-])c1. The molecule has 6 nitrogen and oxygen atoms in total. The zero-order valence-electron chi connectivity index (χ0n) is 11.5. The number of nitro benzene ring substituents is 1. The Kier molecular flexibility index (Phi) is 3.95. The van der Waals surface area contributed by atoms with Crippen LogP contribution < -0.4 is 5.73 Å². The monoisotopic (exact) mass is 266 g/mol. The summed E-state index contributed by atoms with van der Waals surface area (Å²) < 4.78 is 5.22. The summed E-state index contributed by atoms with van der Waals surface area (Å²) in [5.74, 6) is -0.625. The van der Waals surface area contributed by atoms with Crippen LogP contribution in [0.25, 0.3) is 0 Å². The van der Waals surface area contributed by atoms with Crippen molar-refractivity contribution in [3.8, 4) is 0 Å². The standard InChI is InChI=1S/C13H18N2O4/c1-12(2,3)19-11(16)13(4,14)9-6-5-7-10(8-9)15(17)18/h5-8H,14H2,1-4H3. The summed E-state index contributed by atoms with van der Waals surface area (Å²) in [6.45, 7) is 6.66. The molecule has 1 rings (SSSR count). The molecule has 0 radical (unpaired) electrons. The average Bonchev–Trinajstić information content (AvgIpc) is 2.26. The van der Waals surface area contributed by atoms with Crippen LogP contribution in [-0.2, 0) is 15.1 Å². The maximum Gasteiger partial charge on any atom is 0.331 e. The number of esters is 1. The summed E-state index contributed by atoms with van der Waals surface area (Å²) in [6.07, 6.45) is 0. The summed E-state index contributed by atoms with van der Waals surface area (Å²) in [7, 11) is 0. The van der Waals surface area contributed by atoms with Crippen molar-refractivity contribution in [2.45, 2.75) is 38.8 Å². The fourth-order valence-corrected chi connectivity index (χ4v) is 1.44. The number of carbonyl (C=O) groups is 1. The molecular weight excluding hydrogens is 248 g/mol.